The van der Waals surface area contributed by atoms with E-state index in [1.165, 1.54) is 24.3 Å². The molecule has 4 aromatic carbocycles. The Morgan fingerprint density at radius 1 is 0.500 bits per heavy atom. The third kappa shape index (κ3) is 7.70. The molecule has 0 radical (unpaired) electrons. The van der Waals surface area contributed by atoms with Gasteiger partial charge in [0.1, 0.15) is 11.5 Å². The second-order valence-corrected chi connectivity index (χ2v) is 9.48. The molecule has 4 rings (SSSR count). The van der Waals surface area contributed by atoms with E-state index in [0.717, 1.165) is 24.3 Å². The van der Waals surface area contributed by atoms with Gasteiger partial charge in [0.2, 0.25) is 0 Å². The zero-order chi connectivity index (χ0) is 29.1. The van der Waals surface area contributed by atoms with E-state index in [1.54, 1.807) is 48.5 Å². The molecule has 0 saturated heterocycles. The van der Waals surface area contributed by atoms with E-state index in [2.05, 4.69) is 9.47 Å². The van der Waals surface area contributed by atoms with Crippen molar-refractivity contribution < 1.29 is 40.6 Å². The van der Waals surface area contributed by atoms with Crippen molar-refractivity contribution in [2.45, 2.75) is 24.6 Å². The van der Waals surface area contributed by atoms with Crippen LogP contribution in [0.4, 0.5) is 26.3 Å². The van der Waals surface area contributed by atoms with Crippen molar-refractivity contribution in [3.8, 4) is 11.5 Å². The van der Waals surface area contributed by atoms with Gasteiger partial charge in [-0.3, -0.25) is 4.79 Å². The van der Waals surface area contributed by atoms with Gasteiger partial charge in [0.25, 0.3) is 0 Å². The van der Waals surface area contributed by atoms with E-state index in [9.17, 15) is 31.1 Å². The van der Waals surface area contributed by atoms with Crippen LogP contribution in [0.5, 0.6) is 11.5 Å². The molecule has 0 heterocycles. The Hall–Kier alpha value is -3.69. The molecule has 0 aromatic heterocycles. The molecular formula is C29H18Cl2F6O3. The average molecular weight is 599 g/mol. The number of alkyl halides is 6. The smallest absolute Gasteiger partial charge is 0.406 e. The Labute approximate surface area is 234 Å². The first kappa shape index (κ1) is 29.3. The summed E-state index contributed by atoms with van der Waals surface area (Å²) in [6.45, 7) is 0. The van der Waals surface area contributed by atoms with Gasteiger partial charge in [-0.15, -0.1) is 26.3 Å². The highest BCUT2D eigenvalue weighted by Gasteiger charge is 2.34. The molecule has 0 saturated carbocycles. The Morgan fingerprint density at radius 2 is 0.750 bits per heavy atom. The molecule has 0 N–H and O–H groups in total. The first-order chi connectivity index (χ1) is 18.8. The van der Waals surface area contributed by atoms with Crippen LogP contribution in [0.15, 0.2) is 97.1 Å². The van der Waals surface area contributed by atoms with Crippen molar-refractivity contribution in [3.63, 3.8) is 0 Å². The van der Waals surface area contributed by atoms with Crippen LogP contribution < -0.4 is 9.47 Å². The van der Waals surface area contributed by atoms with Gasteiger partial charge in [-0.2, -0.15) is 0 Å². The maximum Gasteiger partial charge on any atom is 0.573 e. The van der Waals surface area contributed by atoms with Crippen molar-refractivity contribution in [2.75, 3.05) is 0 Å². The van der Waals surface area contributed by atoms with Crippen LogP contribution in [-0.2, 0) is 4.79 Å². The highest BCUT2D eigenvalue weighted by Crippen LogP contribution is 2.38. The summed E-state index contributed by atoms with van der Waals surface area (Å²) in [6.07, 6.45) is -9.79. The Kier molecular flexibility index (Phi) is 8.65. The zero-order valence-corrected chi connectivity index (χ0v) is 21.7. The number of Topliss-reactive ketones (excluding diaryl/α,β-unsaturated/α-hetero) is 1. The van der Waals surface area contributed by atoms with E-state index in [-0.39, 0.29) is 0 Å². The maximum atomic E-state index is 14.4. The summed E-state index contributed by atoms with van der Waals surface area (Å²) < 4.78 is 84.1. The molecule has 2 unspecified atom stereocenters. The standard InChI is InChI=1S/C29H18Cl2F6O3/c30-21-9-1-17(2-10-21)25(19-5-13-23(14-6-19)39-28(32,33)34)27(38)26(18-3-11-22(31)12-4-18)20-7-15-24(16-8-20)40-29(35,36)37/h1-16,25-26H. The maximum absolute atomic E-state index is 14.4. The number of ether oxygens (including phenoxy) is 2. The molecule has 0 aliphatic heterocycles. The van der Waals surface area contributed by atoms with Crippen LogP contribution in [0, 0.1) is 0 Å². The Bertz CT molecular complexity index is 1320. The minimum absolute atomic E-state index is 0.359. The number of hydrogen-bond acceptors (Lipinski definition) is 3. The van der Waals surface area contributed by atoms with E-state index < -0.39 is 41.8 Å². The molecule has 208 valence electrons. The quantitative estimate of drug-likeness (QED) is 0.190. The monoisotopic (exact) mass is 598 g/mol. The molecule has 2 atom stereocenters. The summed E-state index contributed by atoms with van der Waals surface area (Å²) >= 11 is 12.1. The summed E-state index contributed by atoms with van der Waals surface area (Å²) in [7, 11) is 0. The lowest BCUT2D eigenvalue weighted by atomic mass is 9.77. The van der Waals surface area contributed by atoms with Gasteiger partial charge in [0, 0.05) is 10.0 Å². The summed E-state index contributed by atoms with van der Waals surface area (Å²) in [5.41, 5.74) is 1.71. The molecule has 0 spiro atoms. The van der Waals surface area contributed by atoms with Crippen molar-refractivity contribution in [2.24, 2.45) is 0 Å². The molecule has 0 bridgehead atoms. The summed E-state index contributed by atoms with van der Waals surface area (Å²) in [5.74, 6) is -3.33. The van der Waals surface area contributed by atoms with Gasteiger partial charge in [-0.1, -0.05) is 71.7 Å². The van der Waals surface area contributed by atoms with E-state index >= 15 is 0 Å². The van der Waals surface area contributed by atoms with E-state index in [1.807, 2.05) is 0 Å². The fourth-order valence-electron chi connectivity index (χ4n) is 4.24. The van der Waals surface area contributed by atoms with E-state index in [4.69, 9.17) is 23.2 Å². The number of halogens is 8. The van der Waals surface area contributed by atoms with Crippen molar-refractivity contribution in [1.82, 2.24) is 0 Å². The lowest BCUT2D eigenvalue weighted by Gasteiger charge is -2.25. The second-order valence-electron chi connectivity index (χ2n) is 8.61. The summed E-state index contributed by atoms with van der Waals surface area (Å²) in [6, 6.07) is 22.5. The number of benzene rings is 4. The lowest BCUT2D eigenvalue weighted by Crippen LogP contribution is -2.23. The van der Waals surface area contributed by atoms with Crippen molar-refractivity contribution >= 4 is 29.0 Å². The Balaban J connectivity index is 1.80. The summed E-state index contributed by atoms with van der Waals surface area (Å²) in [4.78, 5) is 14.4. The first-order valence-electron chi connectivity index (χ1n) is 11.5. The molecule has 3 nitrogen and oxygen atoms in total. The lowest BCUT2D eigenvalue weighted by molar-refractivity contribution is -0.275. The van der Waals surface area contributed by atoms with Crippen molar-refractivity contribution in [3.05, 3.63) is 129 Å². The minimum Gasteiger partial charge on any atom is -0.406 e. The molecule has 0 aliphatic carbocycles. The van der Waals surface area contributed by atoms with Crippen LogP contribution in [0.3, 0.4) is 0 Å². The van der Waals surface area contributed by atoms with Crippen LogP contribution in [-0.4, -0.2) is 18.5 Å². The van der Waals surface area contributed by atoms with Crippen LogP contribution in [0.2, 0.25) is 10.0 Å². The number of carbonyl (C=O) groups is 1. The average Bonchev–Trinajstić information content (AvgIpc) is 2.87. The topological polar surface area (TPSA) is 35.5 Å². The predicted octanol–water partition coefficient (Wildman–Crippen LogP) is 9.32. The summed E-state index contributed by atoms with van der Waals surface area (Å²) in [5, 5.41) is 0.803. The highest BCUT2D eigenvalue weighted by molar-refractivity contribution is 6.30. The minimum atomic E-state index is -4.89. The van der Waals surface area contributed by atoms with Gasteiger partial charge >= 0.3 is 12.7 Å². The van der Waals surface area contributed by atoms with Crippen LogP contribution in [0.1, 0.15) is 34.1 Å². The van der Waals surface area contributed by atoms with Gasteiger partial charge in [0.15, 0.2) is 5.78 Å². The van der Waals surface area contributed by atoms with Crippen LogP contribution >= 0.6 is 23.2 Å². The van der Waals surface area contributed by atoms with Gasteiger partial charge in [-0.25, -0.2) is 0 Å². The second kappa shape index (κ2) is 11.8. The molecule has 4 aromatic rings. The highest BCUT2D eigenvalue weighted by atomic mass is 35.5. The number of ketones is 1. The third-order valence-electron chi connectivity index (χ3n) is 5.87. The van der Waals surface area contributed by atoms with Crippen molar-refractivity contribution in [1.29, 1.82) is 0 Å². The molecule has 0 aliphatic rings. The third-order valence-corrected chi connectivity index (χ3v) is 6.37. The molecule has 0 fully saturated rings. The molecular weight excluding hydrogens is 581 g/mol. The predicted molar refractivity (Wildman–Crippen MR) is 138 cm³/mol. The molecule has 40 heavy (non-hydrogen) atoms. The number of carbonyl (C=O) groups excluding carboxylic acids is 1. The molecule has 11 heteroatoms. The van der Waals surface area contributed by atoms with Gasteiger partial charge < -0.3 is 9.47 Å². The first-order valence-corrected chi connectivity index (χ1v) is 12.3. The number of hydrogen-bond donors (Lipinski definition) is 0. The van der Waals surface area contributed by atoms with E-state index in [0.29, 0.717) is 32.3 Å². The largest absolute Gasteiger partial charge is 0.573 e. The normalized spacial score (nSPS) is 13.4. The fourth-order valence-corrected chi connectivity index (χ4v) is 4.49. The number of rotatable bonds is 8. The van der Waals surface area contributed by atoms with Crippen LogP contribution in [0.25, 0.3) is 0 Å². The van der Waals surface area contributed by atoms with Gasteiger partial charge in [0.05, 0.1) is 11.8 Å². The Morgan fingerprint density at radius 3 is 1.00 bits per heavy atom. The SMILES string of the molecule is O=C(C(c1ccc(Cl)cc1)c1ccc(OC(F)(F)F)cc1)C(c1ccc(Cl)cc1)c1ccc(OC(F)(F)F)cc1. The molecule has 0 amide bonds. The fraction of sp³-hybridized carbons (Fsp3) is 0.138. The zero-order valence-electron chi connectivity index (χ0n) is 20.1. The van der Waals surface area contributed by atoms with Gasteiger partial charge in [-0.05, 0) is 70.8 Å².